The molecule has 128 valence electrons. The zero-order chi connectivity index (χ0) is 17.1. The van der Waals surface area contributed by atoms with Gasteiger partial charge in [-0.2, -0.15) is 0 Å². The van der Waals surface area contributed by atoms with Crippen molar-refractivity contribution in [3.05, 3.63) is 59.9 Å². The highest BCUT2D eigenvalue weighted by Crippen LogP contribution is 2.31. The van der Waals surface area contributed by atoms with Crippen molar-refractivity contribution >= 4 is 12.0 Å². The van der Waals surface area contributed by atoms with Crippen LogP contribution < -0.4 is 9.47 Å². The number of carbonyl (C=O) groups excluding carboxylic acids is 1. The van der Waals surface area contributed by atoms with Crippen molar-refractivity contribution in [1.82, 2.24) is 9.88 Å². The van der Waals surface area contributed by atoms with Crippen molar-refractivity contribution in [3.63, 3.8) is 0 Å². The Morgan fingerprint density at radius 2 is 2.00 bits per heavy atom. The number of carbonyl (C=O) groups is 1. The molecule has 1 amide bonds. The smallest absolute Gasteiger partial charge is 0.247 e. The summed E-state index contributed by atoms with van der Waals surface area (Å²) in [6, 6.07) is 11.8. The fraction of sp³-hybridized carbons (Fsp3) is 0.300. The number of hydrogen-bond acceptors (Lipinski definition) is 4. The summed E-state index contributed by atoms with van der Waals surface area (Å²) in [7, 11) is 0. The monoisotopic (exact) mass is 336 g/mol. The molecule has 0 spiro atoms. The fourth-order valence-electron chi connectivity index (χ4n) is 2.87. The second kappa shape index (κ2) is 6.97. The molecule has 0 atom stereocenters. The highest BCUT2D eigenvalue weighted by atomic mass is 16.6. The number of rotatable bonds is 5. The molecule has 1 aromatic heterocycles. The third-order valence-electron chi connectivity index (χ3n) is 4.31. The predicted molar refractivity (Wildman–Crippen MR) is 94.3 cm³/mol. The first-order chi connectivity index (χ1) is 12.3. The Morgan fingerprint density at radius 3 is 2.76 bits per heavy atom. The lowest BCUT2D eigenvalue weighted by atomic mass is 10.1. The molecule has 2 aliphatic rings. The summed E-state index contributed by atoms with van der Waals surface area (Å²) in [4.78, 5) is 18.9. The number of amides is 1. The zero-order valence-corrected chi connectivity index (χ0v) is 13.9. The summed E-state index contributed by atoms with van der Waals surface area (Å²) in [5.41, 5.74) is 1.83. The Morgan fingerprint density at radius 1 is 1.16 bits per heavy atom. The highest BCUT2D eigenvalue weighted by molar-refractivity contribution is 5.92. The number of fused-ring (bicyclic) bond motifs is 1. The molecule has 1 fully saturated rings. The van der Waals surface area contributed by atoms with Crippen LogP contribution in [0.5, 0.6) is 11.5 Å². The molecule has 0 radical (unpaired) electrons. The van der Waals surface area contributed by atoms with E-state index in [4.69, 9.17) is 9.47 Å². The number of pyridine rings is 1. The molecule has 2 heterocycles. The molecule has 5 heteroatoms. The molecule has 0 bridgehead atoms. The third-order valence-corrected chi connectivity index (χ3v) is 4.31. The number of hydrogen-bond donors (Lipinski definition) is 0. The molecule has 2 aromatic rings. The van der Waals surface area contributed by atoms with Crippen molar-refractivity contribution in [2.24, 2.45) is 0 Å². The lowest BCUT2D eigenvalue weighted by Crippen LogP contribution is -2.31. The maximum absolute atomic E-state index is 12.6. The zero-order valence-electron chi connectivity index (χ0n) is 13.9. The third kappa shape index (κ3) is 3.82. The first kappa shape index (κ1) is 15.7. The van der Waals surface area contributed by atoms with E-state index in [1.54, 1.807) is 12.3 Å². The summed E-state index contributed by atoms with van der Waals surface area (Å²) >= 11 is 0. The minimum absolute atomic E-state index is 0.0167. The second-order valence-corrected chi connectivity index (χ2v) is 6.25. The first-order valence-corrected chi connectivity index (χ1v) is 8.58. The average molecular weight is 336 g/mol. The maximum Gasteiger partial charge on any atom is 0.247 e. The van der Waals surface area contributed by atoms with E-state index in [0.29, 0.717) is 25.8 Å². The van der Waals surface area contributed by atoms with Crippen LogP contribution in [-0.2, 0) is 11.3 Å². The molecular formula is C20H20N2O3. The van der Waals surface area contributed by atoms with Crippen LogP contribution in [0.15, 0.2) is 48.7 Å². The molecular weight excluding hydrogens is 316 g/mol. The maximum atomic E-state index is 12.6. The summed E-state index contributed by atoms with van der Waals surface area (Å²) in [5.74, 6) is 1.50. The van der Waals surface area contributed by atoms with Crippen LogP contribution >= 0.6 is 0 Å². The van der Waals surface area contributed by atoms with Crippen LogP contribution in [0, 0.1) is 0 Å². The Bertz CT molecular complexity index is 785. The van der Waals surface area contributed by atoms with E-state index in [-0.39, 0.29) is 5.91 Å². The second-order valence-electron chi connectivity index (χ2n) is 6.25. The van der Waals surface area contributed by atoms with Crippen LogP contribution in [0.1, 0.15) is 24.1 Å². The number of aromatic nitrogens is 1. The van der Waals surface area contributed by atoms with E-state index in [1.807, 2.05) is 47.4 Å². The average Bonchev–Trinajstić information content (AvgIpc) is 3.50. The van der Waals surface area contributed by atoms with Gasteiger partial charge in [0.2, 0.25) is 5.91 Å². The van der Waals surface area contributed by atoms with Gasteiger partial charge in [-0.1, -0.05) is 12.1 Å². The van der Waals surface area contributed by atoms with E-state index < -0.39 is 0 Å². The number of nitrogens with zero attached hydrogens (tertiary/aromatic N) is 2. The van der Waals surface area contributed by atoms with Crippen molar-refractivity contribution in [3.8, 4) is 11.5 Å². The highest BCUT2D eigenvalue weighted by Gasteiger charge is 2.31. The SMILES string of the molecule is O=C(C=Cc1ccc2c(c1)OCCO2)N(Cc1ccccn1)C1CC1. The standard InChI is InChI=1S/C20H20N2O3/c23-20(22(17-6-7-17)14-16-3-1-2-10-21-16)9-5-15-4-8-18-19(13-15)25-12-11-24-18/h1-5,8-10,13,17H,6-7,11-12,14H2. The van der Waals surface area contributed by atoms with Crippen LogP contribution in [0.4, 0.5) is 0 Å². The summed E-state index contributed by atoms with van der Waals surface area (Å²) in [6.07, 6.45) is 7.35. The Kier molecular flexibility index (Phi) is 4.37. The van der Waals surface area contributed by atoms with Gasteiger partial charge >= 0.3 is 0 Å². The van der Waals surface area contributed by atoms with Crippen molar-refractivity contribution < 1.29 is 14.3 Å². The van der Waals surface area contributed by atoms with Crippen molar-refractivity contribution in [1.29, 1.82) is 0 Å². The lowest BCUT2D eigenvalue weighted by Gasteiger charge is -2.20. The number of ether oxygens (including phenoxy) is 2. The van der Waals surface area contributed by atoms with Gasteiger partial charge < -0.3 is 14.4 Å². The summed E-state index contributed by atoms with van der Waals surface area (Å²) < 4.78 is 11.1. The summed E-state index contributed by atoms with van der Waals surface area (Å²) in [6.45, 7) is 1.68. The molecule has 0 unspecified atom stereocenters. The van der Waals surface area contributed by atoms with Gasteiger partial charge in [0.15, 0.2) is 11.5 Å². The molecule has 0 saturated heterocycles. The molecule has 1 aliphatic carbocycles. The normalized spacial score (nSPS) is 16.0. The molecule has 1 aliphatic heterocycles. The van der Waals surface area contributed by atoms with E-state index in [2.05, 4.69) is 4.98 Å². The van der Waals surface area contributed by atoms with Gasteiger partial charge in [0.25, 0.3) is 0 Å². The quantitative estimate of drug-likeness (QED) is 0.788. The summed E-state index contributed by atoms with van der Waals surface area (Å²) in [5, 5.41) is 0. The van der Waals surface area contributed by atoms with Gasteiger partial charge in [0.1, 0.15) is 13.2 Å². The van der Waals surface area contributed by atoms with Crippen LogP contribution in [0.25, 0.3) is 6.08 Å². The Hall–Kier alpha value is -2.82. The largest absolute Gasteiger partial charge is 0.486 e. The van der Waals surface area contributed by atoms with E-state index in [9.17, 15) is 4.79 Å². The topological polar surface area (TPSA) is 51.7 Å². The van der Waals surface area contributed by atoms with Crippen LogP contribution in [0.3, 0.4) is 0 Å². The fourth-order valence-corrected chi connectivity index (χ4v) is 2.87. The molecule has 0 N–H and O–H groups in total. The lowest BCUT2D eigenvalue weighted by molar-refractivity contribution is -0.127. The van der Waals surface area contributed by atoms with Crippen LogP contribution in [-0.4, -0.2) is 35.0 Å². The minimum atomic E-state index is 0.0167. The van der Waals surface area contributed by atoms with E-state index in [0.717, 1.165) is 35.6 Å². The van der Waals surface area contributed by atoms with E-state index in [1.165, 1.54) is 0 Å². The number of benzene rings is 1. The van der Waals surface area contributed by atoms with Gasteiger partial charge in [0, 0.05) is 18.3 Å². The van der Waals surface area contributed by atoms with Gasteiger partial charge in [0.05, 0.1) is 12.2 Å². The first-order valence-electron chi connectivity index (χ1n) is 8.58. The van der Waals surface area contributed by atoms with Gasteiger partial charge in [-0.25, -0.2) is 0 Å². The van der Waals surface area contributed by atoms with Gasteiger partial charge in [-0.3, -0.25) is 9.78 Å². The predicted octanol–water partition coefficient (Wildman–Crippen LogP) is 3.06. The van der Waals surface area contributed by atoms with Crippen LogP contribution in [0.2, 0.25) is 0 Å². The molecule has 1 aromatic carbocycles. The molecule has 25 heavy (non-hydrogen) atoms. The molecule has 4 rings (SSSR count). The van der Waals surface area contributed by atoms with Crippen molar-refractivity contribution in [2.75, 3.05) is 13.2 Å². The van der Waals surface area contributed by atoms with Gasteiger partial charge in [-0.05, 0) is 48.7 Å². The Balaban J connectivity index is 1.46. The minimum Gasteiger partial charge on any atom is -0.486 e. The molecule has 5 nitrogen and oxygen atoms in total. The van der Waals surface area contributed by atoms with E-state index >= 15 is 0 Å². The Labute approximate surface area is 146 Å². The van der Waals surface area contributed by atoms with Gasteiger partial charge in [-0.15, -0.1) is 0 Å². The molecule has 1 saturated carbocycles. The van der Waals surface area contributed by atoms with Crippen molar-refractivity contribution in [2.45, 2.75) is 25.4 Å².